The number of nitrogens with zero attached hydrogens (tertiary/aromatic N) is 1. The smallest absolute Gasteiger partial charge is 0.0622 e. The second-order valence-corrected chi connectivity index (χ2v) is 5.55. The number of hydrogen-bond donors (Lipinski definition) is 1. The molecule has 0 aromatic heterocycles. The first-order valence-electron chi connectivity index (χ1n) is 7.29. The van der Waals surface area contributed by atoms with E-state index in [1.54, 1.807) is 0 Å². The van der Waals surface area contributed by atoms with Crippen molar-refractivity contribution in [1.29, 1.82) is 0 Å². The summed E-state index contributed by atoms with van der Waals surface area (Å²) in [5, 5.41) is 0. The SMILES string of the molecule is CCC1COCCN1C(C)C(N)c1ccc(C)cc1. The van der Waals surface area contributed by atoms with Crippen LogP contribution < -0.4 is 5.73 Å². The Hall–Kier alpha value is -0.900. The maximum absolute atomic E-state index is 6.45. The van der Waals surface area contributed by atoms with Crippen LogP contribution in [0, 0.1) is 6.92 Å². The molecule has 1 aromatic rings. The van der Waals surface area contributed by atoms with Crippen molar-refractivity contribution in [2.45, 2.75) is 45.3 Å². The third kappa shape index (κ3) is 3.35. The molecular formula is C16H26N2O. The van der Waals surface area contributed by atoms with E-state index >= 15 is 0 Å². The Kier molecular flexibility index (Phi) is 4.97. The summed E-state index contributed by atoms with van der Waals surface area (Å²) in [6.45, 7) is 9.20. The maximum atomic E-state index is 6.45. The van der Waals surface area contributed by atoms with Crippen LogP contribution in [0.1, 0.15) is 37.4 Å². The Balaban J connectivity index is 2.08. The Labute approximate surface area is 116 Å². The van der Waals surface area contributed by atoms with E-state index in [-0.39, 0.29) is 6.04 Å². The molecule has 1 heterocycles. The lowest BCUT2D eigenvalue weighted by molar-refractivity contribution is -0.0314. The van der Waals surface area contributed by atoms with Crippen LogP contribution >= 0.6 is 0 Å². The van der Waals surface area contributed by atoms with Crippen LogP contribution in [0.25, 0.3) is 0 Å². The Morgan fingerprint density at radius 1 is 1.37 bits per heavy atom. The van der Waals surface area contributed by atoms with Gasteiger partial charge in [-0.2, -0.15) is 0 Å². The minimum atomic E-state index is 0.0627. The molecule has 3 nitrogen and oxygen atoms in total. The number of nitrogens with two attached hydrogens (primary N) is 1. The molecule has 0 aliphatic carbocycles. The van der Waals surface area contributed by atoms with Gasteiger partial charge in [0, 0.05) is 24.7 Å². The number of hydrogen-bond acceptors (Lipinski definition) is 3. The van der Waals surface area contributed by atoms with E-state index in [1.165, 1.54) is 11.1 Å². The predicted octanol–water partition coefficient (Wildman–Crippen LogP) is 2.49. The molecule has 0 amide bonds. The number of aryl methyl sites for hydroxylation is 1. The number of benzene rings is 1. The van der Waals surface area contributed by atoms with Crippen molar-refractivity contribution < 1.29 is 4.74 Å². The summed E-state index contributed by atoms with van der Waals surface area (Å²) in [7, 11) is 0. The van der Waals surface area contributed by atoms with Crippen LogP contribution in [0.3, 0.4) is 0 Å². The summed E-state index contributed by atoms with van der Waals surface area (Å²) in [5.41, 5.74) is 8.95. The lowest BCUT2D eigenvalue weighted by Crippen LogP contribution is -2.52. The second kappa shape index (κ2) is 6.51. The fourth-order valence-corrected chi connectivity index (χ4v) is 2.83. The molecule has 1 fully saturated rings. The van der Waals surface area contributed by atoms with Crippen molar-refractivity contribution in [2.75, 3.05) is 19.8 Å². The first-order chi connectivity index (χ1) is 9.13. The van der Waals surface area contributed by atoms with E-state index in [9.17, 15) is 0 Å². The summed E-state index contributed by atoms with van der Waals surface area (Å²) in [6.07, 6.45) is 1.12. The summed E-state index contributed by atoms with van der Waals surface area (Å²) >= 11 is 0. The zero-order valence-corrected chi connectivity index (χ0v) is 12.3. The molecule has 1 aliphatic heterocycles. The molecule has 2 rings (SSSR count). The fraction of sp³-hybridized carbons (Fsp3) is 0.625. The monoisotopic (exact) mass is 262 g/mol. The second-order valence-electron chi connectivity index (χ2n) is 5.55. The summed E-state index contributed by atoms with van der Waals surface area (Å²) in [4.78, 5) is 2.51. The molecular weight excluding hydrogens is 236 g/mol. The van der Waals surface area contributed by atoms with Crippen LogP contribution in [0.5, 0.6) is 0 Å². The van der Waals surface area contributed by atoms with E-state index < -0.39 is 0 Å². The predicted molar refractivity (Wildman–Crippen MR) is 79.2 cm³/mol. The number of morpholine rings is 1. The van der Waals surface area contributed by atoms with Gasteiger partial charge < -0.3 is 10.5 Å². The van der Waals surface area contributed by atoms with Gasteiger partial charge in [-0.15, -0.1) is 0 Å². The van der Waals surface area contributed by atoms with Crippen molar-refractivity contribution in [3.05, 3.63) is 35.4 Å². The molecule has 2 N–H and O–H groups in total. The van der Waals surface area contributed by atoms with Gasteiger partial charge in [0.2, 0.25) is 0 Å². The van der Waals surface area contributed by atoms with Crippen LogP contribution in [-0.4, -0.2) is 36.7 Å². The summed E-state index contributed by atoms with van der Waals surface area (Å²) in [5.74, 6) is 0. The molecule has 0 saturated carbocycles. The fourth-order valence-electron chi connectivity index (χ4n) is 2.83. The van der Waals surface area contributed by atoms with Gasteiger partial charge in [-0.25, -0.2) is 0 Å². The summed E-state index contributed by atoms with van der Waals surface area (Å²) < 4.78 is 5.57. The molecule has 1 saturated heterocycles. The number of ether oxygens (including phenoxy) is 1. The van der Waals surface area contributed by atoms with Gasteiger partial charge in [-0.1, -0.05) is 36.8 Å². The van der Waals surface area contributed by atoms with E-state index in [0.717, 1.165) is 26.2 Å². The molecule has 0 bridgehead atoms. The molecule has 0 spiro atoms. The third-order valence-corrected chi connectivity index (χ3v) is 4.25. The zero-order chi connectivity index (χ0) is 13.8. The first kappa shape index (κ1) is 14.5. The molecule has 19 heavy (non-hydrogen) atoms. The lowest BCUT2D eigenvalue weighted by Gasteiger charge is -2.41. The molecule has 3 unspecified atom stereocenters. The average molecular weight is 262 g/mol. The van der Waals surface area contributed by atoms with Crippen molar-refractivity contribution in [1.82, 2.24) is 4.90 Å². The normalized spacial score (nSPS) is 24.1. The van der Waals surface area contributed by atoms with Gasteiger partial charge in [0.15, 0.2) is 0 Å². The van der Waals surface area contributed by atoms with Gasteiger partial charge in [0.25, 0.3) is 0 Å². The molecule has 106 valence electrons. The topological polar surface area (TPSA) is 38.5 Å². The van der Waals surface area contributed by atoms with Crippen LogP contribution in [0.15, 0.2) is 24.3 Å². The van der Waals surface area contributed by atoms with Crippen molar-refractivity contribution in [3.8, 4) is 0 Å². The third-order valence-electron chi connectivity index (χ3n) is 4.25. The highest BCUT2D eigenvalue weighted by Crippen LogP contribution is 2.23. The van der Waals surface area contributed by atoms with E-state index in [0.29, 0.717) is 12.1 Å². The highest BCUT2D eigenvalue weighted by molar-refractivity contribution is 5.25. The van der Waals surface area contributed by atoms with E-state index in [4.69, 9.17) is 10.5 Å². The zero-order valence-electron chi connectivity index (χ0n) is 12.3. The number of rotatable bonds is 4. The Bertz CT molecular complexity index is 390. The highest BCUT2D eigenvalue weighted by atomic mass is 16.5. The molecule has 3 heteroatoms. The largest absolute Gasteiger partial charge is 0.378 e. The Morgan fingerprint density at radius 2 is 2.05 bits per heavy atom. The quantitative estimate of drug-likeness (QED) is 0.906. The molecule has 0 radical (unpaired) electrons. The lowest BCUT2D eigenvalue weighted by atomic mass is 9.97. The van der Waals surface area contributed by atoms with Gasteiger partial charge in [0.05, 0.1) is 13.2 Å². The molecule has 1 aliphatic rings. The van der Waals surface area contributed by atoms with Crippen LogP contribution in [0.2, 0.25) is 0 Å². The van der Waals surface area contributed by atoms with E-state index in [1.807, 2.05) is 0 Å². The van der Waals surface area contributed by atoms with Gasteiger partial charge in [-0.3, -0.25) is 4.90 Å². The molecule has 3 atom stereocenters. The van der Waals surface area contributed by atoms with E-state index in [2.05, 4.69) is 49.9 Å². The first-order valence-corrected chi connectivity index (χ1v) is 7.29. The van der Waals surface area contributed by atoms with Gasteiger partial charge in [0.1, 0.15) is 0 Å². The van der Waals surface area contributed by atoms with Crippen LogP contribution in [0.4, 0.5) is 0 Å². The Morgan fingerprint density at radius 3 is 2.68 bits per heavy atom. The van der Waals surface area contributed by atoms with Crippen molar-refractivity contribution in [2.24, 2.45) is 5.73 Å². The van der Waals surface area contributed by atoms with Crippen molar-refractivity contribution in [3.63, 3.8) is 0 Å². The van der Waals surface area contributed by atoms with Gasteiger partial charge in [-0.05, 0) is 25.8 Å². The minimum absolute atomic E-state index is 0.0627. The van der Waals surface area contributed by atoms with Crippen LogP contribution in [-0.2, 0) is 4.74 Å². The minimum Gasteiger partial charge on any atom is -0.378 e. The molecule has 1 aromatic carbocycles. The average Bonchev–Trinajstić information content (AvgIpc) is 2.46. The standard InChI is InChI=1S/C16H26N2O/c1-4-15-11-19-10-9-18(15)13(3)16(17)14-7-5-12(2)6-8-14/h5-8,13,15-16H,4,9-11,17H2,1-3H3. The van der Waals surface area contributed by atoms with Gasteiger partial charge >= 0.3 is 0 Å². The highest BCUT2D eigenvalue weighted by Gasteiger charge is 2.29. The van der Waals surface area contributed by atoms with Crippen molar-refractivity contribution >= 4 is 0 Å². The summed E-state index contributed by atoms with van der Waals surface area (Å²) in [6, 6.07) is 9.48. The maximum Gasteiger partial charge on any atom is 0.0622 e.